The van der Waals surface area contributed by atoms with Crippen molar-refractivity contribution >= 4 is 33.4 Å². The maximum atomic E-state index is 4.36. The van der Waals surface area contributed by atoms with Crippen LogP contribution in [0, 0.1) is 10.6 Å². The highest BCUT2D eigenvalue weighted by Gasteiger charge is 1.98. The van der Waals surface area contributed by atoms with E-state index in [1.807, 2.05) is 25.3 Å². The fourth-order valence-electron chi connectivity index (χ4n) is 1.23. The van der Waals surface area contributed by atoms with Gasteiger partial charge in [0.2, 0.25) is 0 Å². The molecular weight excluding hydrogens is 263 g/mol. The first-order valence-corrected chi connectivity index (χ1v) is 4.72. The van der Waals surface area contributed by atoms with Gasteiger partial charge in [-0.05, 0) is 41.6 Å². The maximum Gasteiger partial charge on any atom is 0.102 e. The Labute approximate surface area is 84.2 Å². The van der Waals surface area contributed by atoms with E-state index in [1.165, 1.54) is 5.39 Å². The summed E-state index contributed by atoms with van der Waals surface area (Å²) in [5.41, 5.74) is 1.07. The Kier molecular flexibility index (Phi) is 1.96. The molecule has 0 bridgehead atoms. The normalized spacial score (nSPS) is 10.5. The summed E-state index contributed by atoms with van der Waals surface area (Å²) in [6, 6.07) is 4.03. The highest BCUT2D eigenvalue weighted by atomic mass is 127. The van der Waals surface area contributed by atoms with Crippen LogP contribution in [-0.2, 0) is 0 Å². The molecular formula is C9H7IN2. The Balaban J connectivity index is 2.89. The molecule has 0 N–H and O–H groups in total. The van der Waals surface area contributed by atoms with E-state index in [9.17, 15) is 0 Å². The summed E-state index contributed by atoms with van der Waals surface area (Å²) in [6.45, 7) is 2.02. The number of aromatic nitrogens is 2. The summed E-state index contributed by atoms with van der Waals surface area (Å²) in [5, 5.41) is 2.35. The largest absolute Gasteiger partial charge is 0.264 e. The molecule has 0 atom stereocenters. The SMILES string of the molecule is Cc1nc(I)cc2cnccc12. The fraction of sp³-hybridized carbons (Fsp3) is 0.111. The van der Waals surface area contributed by atoms with E-state index in [2.05, 4.69) is 32.6 Å². The van der Waals surface area contributed by atoms with Gasteiger partial charge in [-0.1, -0.05) is 0 Å². The number of aryl methyl sites for hydroxylation is 1. The third kappa shape index (κ3) is 1.29. The quantitative estimate of drug-likeness (QED) is 0.543. The van der Waals surface area contributed by atoms with Crippen molar-refractivity contribution in [2.24, 2.45) is 0 Å². The molecule has 0 fully saturated rings. The summed E-state index contributed by atoms with van der Waals surface area (Å²) in [4.78, 5) is 8.42. The van der Waals surface area contributed by atoms with Crippen molar-refractivity contribution in [1.82, 2.24) is 9.97 Å². The van der Waals surface area contributed by atoms with Crippen LogP contribution in [0.2, 0.25) is 0 Å². The van der Waals surface area contributed by atoms with E-state index in [1.54, 1.807) is 6.20 Å². The van der Waals surface area contributed by atoms with E-state index < -0.39 is 0 Å². The molecule has 0 amide bonds. The van der Waals surface area contributed by atoms with Crippen LogP contribution in [0.25, 0.3) is 10.8 Å². The predicted octanol–water partition coefficient (Wildman–Crippen LogP) is 2.54. The van der Waals surface area contributed by atoms with Gasteiger partial charge in [-0.25, -0.2) is 4.98 Å². The average Bonchev–Trinajstić information content (AvgIpc) is 2.04. The third-order valence-electron chi connectivity index (χ3n) is 1.79. The second kappa shape index (κ2) is 2.97. The van der Waals surface area contributed by atoms with Gasteiger partial charge in [-0.3, -0.25) is 4.98 Å². The summed E-state index contributed by atoms with van der Waals surface area (Å²) in [5.74, 6) is 0. The van der Waals surface area contributed by atoms with Crippen molar-refractivity contribution in [2.75, 3.05) is 0 Å². The summed E-state index contributed by atoms with van der Waals surface area (Å²) >= 11 is 2.21. The molecule has 2 nitrogen and oxygen atoms in total. The van der Waals surface area contributed by atoms with Gasteiger partial charge in [0, 0.05) is 28.9 Å². The standard InChI is InChI=1S/C9H7IN2/c1-6-8-2-3-11-5-7(8)4-9(10)12-6/h2-5H,1H3. The van der Waals surface area contributed by atoms with Crippen LogP contribution >= 0.6 is 22.6 Å². The lowest BCUT2D eigenvalue weighted by molar-refractivity contribution is 1.19. The van der Waals surface area contributed by atoms with Crippen molar-refractivity contribution in [1.29, 1.82) is 0 Å². The Bertz CT molecular complexity index is 426. The van der Waals surface area contributed by atoms with E-state index in [0.717, 1.165) is 14.8 Å². The van der Waals surface area contributed by atoms with Gasteiger partial charge in [-0.15, -0.1) is 0 Å². The molecule has 0 saturated carbocycles. The maximum absolute atomic E-state index is 4.36. The van der Waals surface area contributed by atoms with Crippen molar-refractivity contribution in [3.63, 3.8) is 0 Å². The predicted molar refractivity (Wildman–Crippen MR) is 57.0 cm³/mol. The van der Waals surface area contributed by atoms with Crippen molar-refractivity contribution in [3.05, 3.63) is 33.9 Å². The zero-order valence-electron chi connectivity index (χ0n) is 6.58. The van der Waals surface area contributed by atoms with Gasteiger partial charge < -0.3 is 0 Å². The number of rotatable bonds is 0. The molecule has 12 heavy (non-hydrogen) atoms. The van der Waals surface area contributed by atoms with Crippen molar-refractivity contribution in [2.45, 2.75) is 6.92 Å². The fourth-order valence-corrected chi connectivity index (χ4v) is 1.93. The zero-order valence-corrected chi connectivity index (χ0v) is 8.74. The molecule has 2 aromatic rings. The second-order valence-electron chi connectivity index (χ2n) is 2.63. The minimum absolute atomic E-state index is 1.02. The molecule has 2 heterocycles. The average molecular weight is 270 g/mol. The topological polar surface area (TPSA) is 25.8 Å². The van der Waals surface area contributed by atoms with Crippen LogP contribution in [0.1, 0.15) is 5.69 Å². The van der Waals surface area contributed by atoms with Gasteiger partial charge in [0.1, 0.15) is 3.70 Å². The lowest BCUT2D eigenvalue weighted by Gasteiger charge is -2.00. The molecule has 0 radical (unpaired) electrons. The molecule has 0 aliphatic rings. The minimum Gasteiger partial charge on any atom is -0.264 e. The first kappa shape index (κ1) is 7.91. The van der Waals surface area contributed by atoms with Crippen LogP contribution in [0.15, 0.2) is 24.5 Å². The molecule has 0 spiro atoms. The minimum atomic E-state index is 1.02. The second-order valence-corrected chi connectivity index (χ2v) is 3.73. The van der Waals surface area contributed by atoms with Crippen LogP contribution < -0.4 is 0 Å². The molecule has 60 valence electrons. The number of fused-ring (bicyclic) bond motifs is 1. The Hall–Kier alpha value is -0.710. The first-order chi connectivity index (χ1) is 5.77. The van der Waals surface area contributed by atoms with Gasteiger partial charge in [-0.2, -0.15) is 0 Å². The van der Waals surface area contributed by atoms with Gasteiger partial charge in [0.25, 0.3) is 0 Å². The highest BCUT2D eigenvalue weighted by Crippen LogP contribution is 2.17. The molecule has 2 rings (SSSR count). The molecule has 0 aromatic carbocycles. The lowest BCUT2D eigenvalue weighted by Crippen LogP contribution is -1.87. The molecule has 3 heteroatoms. The Morgan fingerprint density at radius 2 is 2.25 bits per heavy atom. The smallest absolute Gasteiger partial charge is 0.102 e. The summed E-state index contributed by atoms with van der Waals surface area (Å²) in [7, 11) is 0. The molecule has 0 aliphatic carbocycles. The van der Waals surface area contributed by atoms with Crippen molar-refractivity contribution < 1.29 is 0 Å². The number of nitrogens with zero attached hydrogens (tertiary/aromatic N) is 2. The number of hydrogen-bond donors (Lipinski definition) is 0. The third-order valence-corrected chi connectivity index (χ3v) is 2.34. The zero-order chi connectivity index (χ0) is 8.55. The van der Waals surface area contributed by atoms with E-state index in [0.29, 0.717) is 0 Å². The number of halogens is 1. The van der Waals surface area contributed by atoms with E-state index in [-0.39, 0.29) is 0 Å². The molecule has 0 aliphatic heterocycles. The highest BCUT2D eigenvalue weighted by molar-refractivity contribution is 14.1. The summed E-state index contributed by atoms with van der Waals surface area (Å²) in [6.07, 6.45) is 3.66. The van der Waals surface area contributed by atoms with Crippen LogP contribution in [0.5, 0.6) is 0 Å². The van der Waals surface area contributed by atoms with Gasteiger partial charge in [0.15, 0.2) is 0 Å². The molecule has 0 saturated heterocycles. The number of pyridine rings is 2. The first-order valence-electron chi connectivity index (χ1n) is 3.64. The van der Waals surface area contributed by atoms with Gasteiger partial charge in [0.05, 0.1) is 0 Å². The lowest BCUT2D eigenvalue weighted by atomic mass is 10.2. The van der Waals surface area contributed by atoms with Crippen LogP contribution in [0.3, 0.4) is 0 Å². The molecule has 2 aromatic heterocycles. The van der Waals surface area contributed by atoms with Crippen molar-refractivity contribution in [3.8, 4) is 0 Å². The van der Waals surface area contributed by atoms with E-state index >= 15 is 0 Å². The number of hydrogen-bond acceptors (Lipinski definition) is 2. The Morgan fingerprint density at radius 3 is 3.08 bits per heavy atom. The molecule has 0 unspecified atom stereocenters. The summed E-state index contributed by atoms with van der Waals surface area (Å²) < 4.78 is 1.02. The monoisotopic (exact) mass is 270 g/mol. The van der Waals surface area contributed by atoms with Gasteiger partial charge >= 0.3 is 0 Å². The van der Waals surface area contributed by atoms with E-state index in [4.69, 9.17) is 0 Å². The van der Waals surface area contributed by atoms with Crippen LogP contribution in [-0.4, -0.2) is 9.97 Å². The Morgan fingerprint density at radius 1 is 1.42 bits per heavy atom. The van der Waals surface area contributed by atoms with Crippen LogP contribution in [0.4, 0.5) is 0 Å².